The fourth-order valence-electron chi connectivity index (χ4n) is 3.93. The Morgan fingerprint density at radius 2 is 1.76 bits per heavy atom. The van der Waals surface area contributed by atoms with Gasteiger partial charge >= 0.3 is 0 Å². The Balaban J connectivity index is 1.75. The summed E-state index contributed by atoms with van der Waals surface area (Å²) in [6.07, 6.45) is 5.18. The van der Waals surface area contributed by atoms with Crippen molar-refractivity contribution in [3.63, 3.8) is 0 Å². The van der Waals surface area contributed by atoms with Crippen LogP contribution in [0.5, 0.6) is 17.2 Å². The highest BCUT2D eigenvalue weighted by molar-refractivity contribution is 5.93. The fourth-order valence-corrected chi connectivity index (χ4v) is 3.93. The smallest absolute Gasteiger partial charge is 0.264 e. The van der Waals surface area contributed by atoms with E-state index in [2.05, 4.69) is 25.5 Å². The molecule has 0 radical (unpaired) electrons. The first-order chi connectivity index (χ1) is 18.0. The van der Waals surface area contributed by atoms with Crippen molar-refractivity contribution >= 4 is 5.91 Å². The van der Waals surface area contributed by atoms with Gasteiger partial charge in [-0.3, -0.25) is 14.6 Å². The van der Waals surface area contributed by atoms with Crippen LogP contribution in [-0.2, 0) is 13.0 Å². The number of benzene rings is 1. The molecule has 0 fully saturated rings. The molecule has 3 N–H and O–H groups in total. The van der Waals surface area contributed by atoms with E-state index in [0.717, 1.165) is 12.8 Å². The molecule has 0 spiro atoms. The molecular weight excluding hydrogens is 478 g/mol. The number of unbranched alkanes of at least 4 members (excludes halogenated alkanes) is 1. The molecule has 192 valence electrons. The summed E-state index contributed by atoms with van der Waals surface area (Å²) < 4.78 is 16.7. The number of H-pyrrole nitrogens is 1. The number of rotatable bonds is 10. The van der Waals surface area contributed by atoms with Crippen molar-refractivity contribution < 1.29 is 23.8 Å². The van der Waals surface area contributed by atoms with Crippen LogP contribution in [0.2, 0.25) is 0 Å². The predicted octanol–water partition coefficient (Wildman–Crippen LogP) is 3.48. The Morgan fingerprint density at radius 1 is 1.05 bits per heavy atom. The number of nitrogens with zero attached hydrogens (tertiary/aromatic N) is 3. The molecule has 0 aliphatic heterocycles. The quantitative estimate of drug-likeness (QED) is 0.294. The van der Waals surface area contributed by atoms with Gasteiger partial charge in [-0.1, -0.05) is 19.4 Å². The number of amides is 1. The van der Waals surface area contributed by atoms with E-state index < -0.39 is 5.56 Å². The normalized spacial score (nSPS) is 10.8. The lowest BCUT2D eigenvalue weighted by molar-refractivity contribution is 0.0947. The predicted molar refractivity (Wildman–Crippen MR) is 135 cm³/mol. The van der Waals surface area contributed by atoms with Gasteiger partial charge in [-0.05, 0) is 37.1 Å². The summed E-state index contributed by atoms with van der Waals surface area (Å²) in [6, 6.07) is 8.38. The van der Waals surface area contributed by atoms with Crippen LogP contribution in [0.25, 0.3) is 22.6 Å². The molecule has 0 saturated heterocycles. The highest BCUT2D eigenvalue weighted by Crippen LogP contribution is 2.46. The number of hydrogen-bond acceptors (Lipinski definition) is 9. The lowest BCUT2D eigenvalue weighted by atomic mass is 9.96. The maximum absolute atomic E-state index is 13.1. The first-order valence-electron chi connectivity index (χ1n) is 11.7. The standard InChI is InChI=1S/C26H27N5O6/c1-4-5-7-16-20(21-17(35-2)8-6-9-18(21)36-3)23(32)22(25(34)29-16)26-31-30-19(37-26)14-28-24(33)15-10-12-27-13-11-15/h6,8-13H,4-5,7,14H2,1-3H3,(H,28,33)(H2,29,32,34). The number of carbonyl (C=O) groups is 1. The van der Waals surface area contributed by atoms with E-state index >= 15 is 0 Å². The topological polar surface area (TPSA) is 152 Å². The number of nitrogens with one attached hydrogen (secondary N) is 2. The van der Waals surface area contributed by atoms with E-state index in [1.807, 2.05) is 6.92 Å². The molecule has 1 aromatic carbocycles. The van der Waals surface area contributed by atoms with Crippen molar-refractivity contribution in [1.29, 1.82) is 0 Å². The SMILES string of the molecule is CCCCc1[nH]c(=O)c(-c2nnc(CNC(=O)c3ccncc3)o2)c(O)c1-c1c(OC)cccc1OC. The summed E-state index contributed by atoms with van der Waals surface area (Å²) >= 11 is 0. The summed E-state index contributed by atoms with van der Waals surface area (Å²) in [5.41, 5.74) is 1.00. The lowest BCUT2D eigenvalue weighted by Gasteiger charge is -2.18. The third-order valence-corrected chi connectivity index (χ3v) is 5.75. The van der Waals surface area contributed by atoms with Crippen LogP contribution in [-0.4, -0.2) is 45.4 Å². The molecule has 4 rings (SSSR count). The molecule has 1 amide bonds. The molecule has 11 nitrogen and oxygen atoms in total. The van der Waals surface area contributed by atoms with E-state index in [1.165, 1.54) is 26.6 Å². The minimum absolute atomic E-state index is 0.0580. The van der Waals surface area contributed by atoms with Gasteiger partial charge in [-0.25, -0.2) is 0 Å². The third kappa shape index (κ3) is 5.30. The highest BCUT2D eigenvalue weighted by Gasteiger charge is 2.27. The summed E-state index contributed by atoms with van der Waals surface area (Å²) in [5, 5.41) is 22.0. The van der Waals surface area contributed by atoms with E-state index in [1.54, 1.807) is 30.3 Å². The van der Waals surface area contributed by atoms with Gasteiger partial charge in [0.25, 0.3) is 17.4 Å². The Bertz CT molecular complexity index is 1430. The molecule has 0 aliphatic rings. The number of aromatic hydroxyl groups is 1. The van der Waals surface area contributed by atoms with Crippen molar-refractivity contribution in [2.24, 2.45) is 0 Å². The molecule has 0 bridgehead atoms. The Labute approximate surface area is 212 Å². The number of carbonyl (C=O) groups excluding carboxylic acids is 1. The van der Waals surface area contributed by atoms with Gasteiger partial charge in [0.05, 0.1) is 31.9 Å². The van der Waals surface area contributed by atoms with E-state index in [4.69, 9.17) is 13.9 Å². The van der Waals surface area contributed by atoms with Crippen LogP contribution >= 0.6 is 0 Å². The number of hydrogen-bond donors (Lipinski definition) is 3. The second-order valence-electron chi connectivity index (χ2n) is 8.09. The molecule has 11 heteroatoms. The summed E-state index contributed by atoms with van der Waals surface area (Å²) in [4.78, 5) is 32.1. The second-order valence-corrected chi connectivity index (χ2v) is 8.09. The first-order valence-corrected chi connectivity index (χ1v) is 11.7. The zero-order chi connectivity index (χ0) is 26.4. The minimum Gasteiger partial charge on any atom is -0.506 e. The van der Waals surface area contributed by atoms with Gasteiger partial charge in [-0.2, -0.15) is 0 Å². The zero-order valence-electron chi connectivity index (χ0n) is 20.7. The molecular formula is C26H27N5O6. The number of pyridine rings is 2. The average molecular weight is 506 g/mol. The van der Waals surface area contributed by atoms with Crippen molar-refractivity contribution in [2.45, 2.75) is 32.7 Å². The maximum atomic E-state index is 13.1. The molecule has 3 heterocycles. The summed E-state index contributed by atoms with van der Waals surface area (Å²) in [7, 11) is 3.02. The number of aromatic nitrogens is 4. The van der Waals surface area contributed by atoms with E-state index in [9.17, 15) is 14.7 Å². The van der Waals surface area contributed by atoms with Crippen molar-refractivity contribution in [3.05, 3.63) is 70.2 Å². The summed E-state index contributed by atoms with van der Waals surface area (Å²) in [5.74, 6) is 0.0833. The number of aryl methyl sites for hydroxylation is 1. The average Bonchev–Trinajstić information content (AvgIpc) is 3.39. The molecule has 0 saturated carbocycles. The van der Waals surface area contributed by atoms with Crippen LogP contribution in [0.1, 0.15) is 41.7 Å². The van der Waals surface area contributed by atoms with Crippen LogP contribution in [0, 0.1) is 0 Å². The Morgan fingerprint density at radius 3 is 2.41 bits per heavy atom. The first kappa shape index (κ1) is 25.4. The van der Waals surface area contributed by atoms with E-state index in [-0.39, 0.29) is 35.5 Å². The molecule has 0 aliphatic carbocycles. The minimum atomic E-state index is -0.586. The number of methoxy groups -OCH3 is 2. The van der Waals surface area contributed by atoms with Crippen LogP contribution in [0.4, 0.5) is 0 Å². The van der Waals surface area contributed by atoms with Crippen LogP contribution in [0.3, 0.4) is 0 Å². The Kier molecular flexibility index (Phi) is 7.82. The van der Waals surface area contributed by atoms with Gasteiger partial charge < -0.3 is 29.3 Å². The number of aromatic amines is 1. The van der Waals surface area contributed by atoms with Gasteiger partial charge in [-0.15, -0.1) is 10.2 Å². The monoisotopic (exact) mass is 505 g/mol. The van der Waals surface area contributed by atoms with Gasteiger partial charge in [0, 0.05) is 23.7 Å². The number of ether oxygens (including phenoxy) is 2. The molecule has 0 atom stereocenters. The van der Waals surface area contributed by atoms with Gasteiger partial charge in [0.15, 0.2) is 0 Å². The molecule has 3 aromatic heterocycles. The molecule has 4 aromatic rings. The van der Waals surface area contributed by atoms with Crippen LogP contribution < -0.4 is 20.3 Å². The fraction of sp³-hybridized carbons (Fsp3) is 0.269. The Hall–Kier alpha value is -4.67. The van der Waals surface area contributed by atoms with Gasteiger partial charge in [0.2, 0.25) is 5.89 Å². The van der Waals surface area contributed by atoms with E-state index in [0.29, 0.717) is 40.3 Å². The molecule has 37 heavy (non-hydrogen) atoms. The zero-order valence-corrected chi connectivity index (χ0v) is 20.7. The summed E-state index contributed by atoms with van der Waals surface area (Å²) in [6.45, 7) is 1.96. The lowest BCUT2D eigenvalue weighted by Crippen LogP contribution is -2.22. The molecule has 0 unspecified atom stereocenters. The highest BCUT2D eigenvalue weighted by atomic mass is 16.5. The van der Waals surface area contributed by atoms with Gasteiger partial charge in [0.1, 0.15) is 22.8 Å². The largest absolute Gasteiger partial charge is 0.506 e. The van der Waals surface area contributed by atoms with Crippen molar-refractivity contribution in [1.82, 2.24) is 25.5 Å². The van der Waals surface area contributed by atoms with Crippen molar-refractivity contribution in [2.75, 3.05) is 14.2 Å². The third-order valence-electron chi connectivity index (χ3n) is 5.75. The van der Waals surface area contributed by atoms with Crippen molar-refractivity contribution in [3.8, 4) is 39.8 Å². The second kappa shape index (κ2) is 11.4. The maximum Gasteiger partial charge on any atom is 0.264 e. The van der Waals surface area contributed by atoms with Crippen LogP contribution in [0.15, 0.2) is 51.9 Å².